The Balaban J connectivity index is 1.32. The molecule has 3 saturated heterocycles. The van der Waals surface area contributed by atoms with Crippen molar-refractivity contribution >= 4 is 22.0 Å². The van der Waals surface area contributed by atoms with E-state index in [-0.39, 0.29) is 59.6 Å². The molecular formula is C32H49FN4O6S. The van der Waals surface area contributed by atoms with Gasteiger partial charge in [-0.3, -0.25) is 4.79 Å². The SMILES string of the molecule is COC(=O)NC(C(=O)NC1CCCC1CCC1CNC2CCCS(=O)(=O)N1C2)C(c1ccc(F)cc1)C1CC(C)OC(C)C1. The molecule has 4 fully saturated rings. The van der Waals surface area contributed by atoms with E-state index in [0.717, 1.165) is 44.1 Å². The number of hydrogen-bond acceptors (Lipinski definition) is 7. The second kappa shape index (κ2) is 14.4. The maximum atomic E-state index is 14.2. The van der Waals surface area contributed by atoms with E-state index in [4.69, 9.17) is 9.47 Å². The maximum absolute atomic E-state index is 14.2. The van der Waals surface area contributed by atoms with Crippen molar-refractivity contribution < 1.29 is 31.9 Å². The molecule has 3 aliphatic heterocycles. The highest BCUT2D eigenvalue weighted by molar-refractivity contribution is 7.89. The molecule has 0 radical (unpaired) electrons. The molecule has 0 spiro atoms. The summed E-state index contributed by atoms with van der Waals surface area (Å²) in [5, 5.41) is 9.65. The normalized spacial score (nSPS) is 34.7. The Morgan fingerprint density at radius 2 is 1.82 bits per heavy atom. The van der Waals surface area contributed by atoms with Crippen LogP contribution in [0.5, 0.6) is 0 Å². The average Bonchev–Trinajstić information content (AvgIpc) is 3.38. The molecule has 3 heterocycles. The molecule has 1 saturated carbocycles. The van der Waals surface area contributed by atoms with Crippen molar-refractivity contribution in [1.82, 2.24) is 20.3 Å². The number of amides is 2. The summed E-state index contributed by atoms with van der Waals surface area (Å²) in [6.45, 7) is 5.21. The summed E-state index contributed by atoms with van der Waals surface area (Å²) < 4.78 is 52.5. The van der Waals surface area contributed by atoms with E-state index >= 15 is 0 Å². The number of piperazine rings is 1. The number of halogens is 1. The molecule has 1 aromatic carbocycles. The van der Waals surface area contributed by atoms with Crippen LogP contribution in [0.1, 0.15) is 83.1 Å². The van der Waals surface area contributed by atoms with Crippen molar-refractivity contribution in [3.05, 3.63) is 35.6 Å². The van der Waals surface area contributed by atoms with Crippen LogP contribution in [0.25, 0.3) is 0 Å². The summed E-state index contributed by atoms with van der Waals surface area (Å²) in [4.78, 5) is 26.8. The van der Waals surface area contributed by atoms with E-state index < -0.39 is 28.1 Å². The average molecular weight is 637 g/mol. The summed E-state index contributed by atoms with van der Waals surface area (Å²) in [6.07, 6.45) is 6.49. The zero-order valence-corrected chi connectivity index (χ0v) is 27.0. The Labute approximate surface area is 261 Å². The Kier molecular flexibility index (Phi) is 10.9. The van der Waals surface area contributed by atoms with E-state index in [1.807, 2.05) is 13.8 Å². The van der Waals surface area contributed by atoms with Crippen LogP contribution in [0.4, 0.5) is 9.18 Å². The number of benzene rings is 1. The lowest BCUT2D eigenvalue weighted by atomic mass is 9.74. The number of nitrogens with one attached hydrogen (secondary N) is 3. The summed E-state index contributed by atoms with van der Waals surface area (Å²) in [6, 6.07) is 5.29. The molecule has 12 heteroatoms. The third-order valence-electron chi connectivity index (χ3n) is 10.2. The molecule has 10 nitrogen and oxygen atoms in total. The van der Waals surface area contributed by atoms with Crippen LogP contribution in [0.2, 0.25) is 0 Å². The van der Waals surface area contributed by atoms with Crippen LogP contribution < -0.4 is 16.0 Å². The number of alkyl carbamates (subject to hydrolysis) is 1. The molecule has 9 atom stereocenters. The topological polar surface area (TPSA) is 126 Å². The number of nitrogens with zero attached hydrogens (tertiary/aromatic N) is 1. The van der Waals surface area contributed by atoms with Gasteiger partial charge in [0.05, 0.1) is 25.1 Å². The fourth-order valence-electron chi connectivity index (χ4n) is 8.17. The predicted molar refractivity (Wildman–Crippen MR) is 165 cm³/mol. The lowest BCUT2D eigenvalue weighted by Gasteiger charge is -2.40. The highest BCUT2D eigenvalue weighted by Crippen LogP contribution is 2.39. The van der Waals surface area contributed by atoms with Crippen molar-refractivity contribution in [3.8, 4) is 0 Å². The van der Waals surface area contributed by atoms with Gasteiger partial charge in [0, 0.05) is 37.1 Å². The van der Waals surface area contributed by atoms with E-state index in [0.29, 0.717) is 32.4 Å². The number of carbonyl (C=O) groups is 2. The fraction of sp³-hybridized carbons (Fsp3) is 0.750. The molecule has 2 amide bonds. The van der Waals surface area contributed by atoms with Gasteiger partial charge in [-0.2, -0.15) is 4.31 Å². The molecule has 1 aromatic rings. The Hall–Kier alpha value is -2.28. The number of ether oxygens (including phenoxy) is 2. The van der Waals surface area contributed by atoms with Gasteiger partial charge in [-0.25, -0.2) is 17.6 Å². The third-order valence-corrected chi connectivity index (χ3v) is 12.2. The third kappa shape index (κ3) is 7.92. The first-order valence-electron chi connectivity index (χ1n) is 16.3. The first-order chi connectivity index (χ1) is 21.0. The standard InChI is InChI=1S/C32H49FN4O6S/c1-20-16-24(17-21(2)43-20)29(23-9-12-25(33)13-10-23)30(36-32(39)42-3)31(38)35-28-8-4-6-22(28)11-14-27-18-34-26-7-5-15-44(40,41)37(27)19-26/h9-10,12-13,20-22,24,26-30,34H,4-8,11,14-19H2,1-3H3,(H,35,38)(H,36,39). The number of rotatable bonds is 9. The van der Waals surface area contributed by atoms with Crippen LogP contribution >= 0.6 is 0 Å². The number of methoxy groups -OCH3 is 1. The van der Waals surface area contributed by atoms with E-state index in [1.165, 1.54) is 19.2 Å². The number of hydrogen-bond donors (Lipinski definition) is 3. The first-order valence-corrected chi connectivity index (χ1v) is 17.9. The van der Waals surface area contributed by atoms with E-state index in [9.17, 15) is 22.4 Å². The Bertz CT molecular complexity index is 1240. The molecule has 0 aromatic heterocycles. The summed E-state index contributed by atoms with van der Waals surface area (Å²) in [5.41, 5.74) is 0.777. The van der Waals surface area contributed by atoms with Crippen molar-refractivity contribution in [2.75, 3.05) is 26.0 Å². The van der Waals surface area contributed by atoms with E-state index in [1.54, 1.807) is 16.4 Å². The zero-order chi connectivity index (χ0) is 31.4. The summed E-state index contributed by atoms with van der Waals surface area (Å²) >= 11 is 0. The molecule has 2 bridgehead atoms. The van der Waals surface area contributed by atoms with Gasteiger partial charge in [0.25, 0.3) is 0 Å². The lowest BCUT2D eigenvalue weighted by molar-refractivity contribution is -0.126. The van der Waals surface area contributed by atoms with Gasteiger partial charge in [0.1, 0.15) is 11.9 Å². The predicted octanol–water partition coefficient (Wildman–Crippen LogP) is 3.67. The molecule has 3 N–H and O–H groups in total. The van der Waals surface area contributed by atoms with Crippen LogP contribution in [0.15, 0.2) is 24.3 Å². The molecule has 4 aliphatic rings. The van der Waals surface area contributed by atoms with Gasteiger partial charge < -0.3 is 25.4 Å². The minimum absolute atomic E-state index is 0.00435. The van der Waals surface area contributed by atoms with Crippen LogP contribution in [-0.4, -0.2) is 87.1 Å². The highest BCUT2D eigenvalue weighted by atomic mass is 32.2. The minimum Gasteiger partial charge on any atom is -0.453 e. The second-order valence-electron chi connectivity index (χ2n) is 13.4. The van der Waals surface area contributed by atoms with Crippen LogP contribution in [-0.2, 0) is 24.3 Å². The molecule has 9 unspecified atom stereocenters. The number of fused-ring (bicyclic) bond motifs is 2. The molecular weight excluding hydrogens is 587 g/mol. The van der Waals surface area contributed by atoms with Gasteiger partial charge in [-0.15, -0.1) is 0 Å². The van der Waals surface area contributed by atoms with Gasteiger partial charge in [-0.1, -0.05) is 18.6 Å². The maximum Gasteiger partial charge on any atom is 0.407 e. The van der Waals surface area contributed by atoms with Crippen molar-refractivity contribution in [1.29, 1.82) is 0 Å². The quantitative estimate of drug-likeness (QED) is 0.378. The lowest BCUT2D eigenvalue weighted by Crippen LogP contribution is -2.57. The van der Waals surface area contributed by atoms with Crippen LogP contribution in [0, 0.1) is 17.7 Å². The van der Waals surface area contributed by atoms with Crippen molar-refractivity contribution in [2.45, 2.75) is 114 Å². The van der Waals surface area contributed by atoms with E-state index in [2.05, 4.69) is 16.0 Å². The molecule has 5 rings (SSSR count). The minimum atomic E-state index is -3.26. The van der Waals surface area contributed by atoms with Crippen molar-refractivity contribution in [3.63, 3.8) is 0 Å². The van der Waals surface area contributed by atoms with Crippen LogP contribution in [0.3, 0.4) is 0 Å². The summed E-state index contributed by atoms with van der Waals surface area (Å²) in [5.74, 6) is -0.655. The fourth-order valence-corrected chi connectivity index (χ4v) is 9.98. The molecule has 1 aliphatic carbocycles. The Morgan fingerprint density at radius 1 is 1.09 bits per heavy atom. The number of carbonyl (C=O) groups excluding carboxylic acids is 2. The monoisotopic (exact) mass is 636 g/mol. The number of sulfonamides is 1. The molecule has 246 valence electrons. The highest BCUT2D eigenvalue weighted by Gasteiger charge is 2.43. The van der Waals surface area contributed by atoms with Gasteiger partial charge >= 0.3 is 6.09 Å². The van der Waals surface area contributed by atoms with Gasteiger partial charge in [0.15, 0.2) is 0 Å². The smallest absolute Gasteiger partial charge is 0.407 e. The van der Waals surface area contributed by atoms with Crippen molar-refractivity contribution in [2.24, 2.45) is 11.8 Å². The Morgan fingerprint density at radius 3 is 2.52 bits per heavy atom. The second-order valence-corrected chi connectivity index (χ2v) is 15.4. The zero-order valence-electron chi connectivity index (χ0n) is 26.2. The first kappa shape index (κ1) is 33.1. The largest absolute Gasteiger partial charge is 0.453 e. The molecule has 44 heavy (non-hydrogen) atoms. The summed E-state index contributed by atoms with van der Waals surface area (Å²) in [7, 11) is -1.99. The van der Waals surface area contributed by atoms with Gasteiger partial charge in [-0.05, 0) is 94.7 Å². The van der Waals surface area contributed by atoms with Gasteiger partial charge in [0.2, 0.25) is 15.9 Å².